The second kappa shape index (κ2) is 7.58. The number of nitrogens with one attached hydrogen (secondary N) is 1. The molecule has 124 valence electrons. The highest BCUT2D eigenvalue weighted by Crippen LogP contribution is 2.22. The Balaban J connectivity index is 0.000000198. The minimum Gasteiger partial charge on any atom is -0.366 e. The fourth-order valence-corrected chi connectivity index (χ4v) is 2.51. The molecule has 0 radical (unpaired) electrons. The number of aromatic nitrogens is 1. The minimum atomic E-state index is -4.02. The number of benzene rings is 2. The van der Waals surface area contributed by atoms with Crippen molar-refractivity contribution in [3.05, 3.63) is 78.5 Å². The number of amides is 1. The molecular weight excluding hydrogens is 328 g/mol. The first-order valence-electron chi connectivity index (χ1n) is 6.94. The van der Waals surface area contributed by atoms with E-state index in [9.17, 15) is 13.2 Å². The van der Waals surface area contributed by atoms with E-state index >= 15 is 0 Å². The van der Waals surface area contributed by atoms with Crippen LogP contribution in [0.15, 0.2) is 78.0 Å². The summed E-state index contributed by atoms with van der Waals surface area (Å²) < 4.78 is 28.8. The van der Waals surface area contributed by atoms with E-state index in [1.165, 1.54) is 18.3 Å². The summed E-state index contributed by atoms with van der Waals surface area (Å²) in [4.78, 5) is 13.6. The van der Waals surface area contributed by atoms with Gasteiger partial charge >= 0.3 is 10.1 Å². The number of carbonyl (C=O) groups excluding carboxylic acids is 1. The Labute approximate surface area is 139 Å². The maximum absolute atomic E-state index is 11.2. The van der Waals surface area contributed by atoms with E-state index in [0.29, 0.717) is 5.56 Å². The van der Waals surface area contributed by atoms with Gasteiger partial charge < -0.3 is 10.7 Å². The average Bonchev–Trinajstić information content (AvgIpc) is 3.11. The Morgan fingerprint density at radius 1 is 0.917 bits per heavy atom. The van der Waals surface area contributed by atoms with Crippen LogP contribution >= 0.6 is 0 Å². The molecule has 0 fully saturated rings. The van der Waals surface area contributed by atoms with E-state index < -0.39 is 16.0 Å². The van der Waals surface area contributed by atoms with Crippen molar-refractivity contribution >= 4 is 16.0 Å². The van der Waals surface area contributed by atoms with Crippen molar-refractivity contribution in [2.75, 3.05) is 0 Å². The Hall–Kier alpha value is -2.90. The van der Waals surface area contributed by atoms with Crippen molar-refractivity contribution in [3.63, 3.8) is 0 Å². The summed E-state index contributed by atoms with van der Waals surface area (Å²) in [6, 6.07) is 19.8. The van der Waals surface area contributed by atoms with E-state index in [1.807, 2.05) is 48.5 Å². The molecule has 2 aromatic carbocycles. The summed E-state index contributed by atoms with van der Waals surface area (Å²) in [5.74, 6) is -0.394. The third-order valence-electron chi connectivity index (χ3n) is 3.12. The van der Waals surface area contributed by atoms with Gasteiger partial charge in [0, 0.05) is 11.8 Å². The Morgan fingerprint density at radius 3 is 2.04 bits per heavy atom. The normalized spacial score (nSPS) is 10.5. The molecule has 1 amide bonds. The number of nitrogens with two attached hydrogens (primary N) is 1. The molecule has 0 bridgehead atoms. The first-order chi connectivity index (χ1) is 11.4. The number of aromatic amines is 1. The summed E-state index contributed by atoms with van der Waals surface area (Å²) in [6.07, 6.45) is 1.42. The molecule has 24 heavy (non-hydrogen) atoms. The molecule has 3 aromatic rings. The van der Waals surface area contributed by atoms with Crippen molar-refractivity contribution in [1.82, 2.24) is 4.98 Å². The number of primary amides is 1. The number of rotatable bonds is 3. The fourth-order valence-electron chi connectivity index (χ4n) is 2.04. The molecule has 4 N–H and O–H groups in total. The lowest BCUT2D eigenvalue weighted by molar-refractivity contribution is 0.100. The van der Waals surface area contributed by atoms with Crippen LogP contribution in [0.25, 0.3) is 11.1 Å². The van der Waals surface area contributed by atoms with Crippen LogP contribution in [0.1, 0.15) is 10.4 Å². The van der Waals surface area contributed by atoms with Gasteiger partial charge in [0.1, 0.15) is 0 Å². The second-order valence-corrected chi connectivity index (χ2v) is 6.18. The zero-order valence-electron chi connectivity index (χ0n) is 12.6. The Kier molecular flexibility index (Phi) is 5.51. The summed E-state index contributed by atoms with van der Waals surface area (Å²) in [7, 11) is -4.02. The zero-order valence-corrected chi connectivity index (χ0v) is 13.4. The van der Waals surface area contributed by atoms with Crippen LogP contribution in [0.2, 0.25) is 0 Å². The first-order valence-corrected chi connectivity index (χ1v) is 8.38. The summed E-state index contributed by atoms with van der Waals surface area (Å²) in [6.45, 7) is 0. The number of carbonyl (C=O) groups is 1. The van der Waals surface area contributed by atoms with Crippen LogP contribution in [-0.4, -0.2) is 23.9 Å². The molecule has 0 unspecified atom stereocenters. The summed E-state index contributed by atoms with van der Waals surface area (Å²) in [5.41, 5.74) is 7.76. The molecule has 6 nitrogen and oxygen atoms in total. The van der Waals surface area contributed by atoms with Gasteiger partial charge in [0.25, 0.3) is 0 Å². The topological polar surface area (TPSA) is 113 Å². The van der Waals surface area contributed by atoms with Crippen molar-refractivity contribution in [1.29, 1.82) is 0 Å². The molecule has 7 heteroatoms. The molecule has 0 spiro atoms. The molecule has 0 saturated heterocycles. The predicted molar refractivity (Wildman–Crippen MR) is 91.0 cm³/mol. The van der Waals surface area contributed by atoms with Gasteiger partial charge in [-0.2, -0.15) is 8.42 Å². The van der Waals surface area contributed by atoms with Crippen molar-refractivity contribution in [3.8, 4) is 11.1 Å². The summed E-state index contributed by atoms with van der Waals surface area (Å²) >= 11 is 0. The van der Waals surface area contributed by atoms with E-state index in [1.54, 1.807) is 6.07 Å². The van der Waals surface area contributed by atoms with Gasteiger partial charge in [-0.25, -0.2) is 0 Å². The fraction of sp³-hybridized carbons (Fsp3) is 0. The smallest absolute Gasteiger partial charge is 0.310 e. The quantitative estimate of drug-likeness (QED) is 0.634. The Morgan fingerprint density at radius 2 is 1.54 bits per heavy atom. The molecule has 0 aliphatic carbocycles. The monoisotopic (exact) mass is 344 g/mol. The van der Waals surface area contributed by atoms with Gasteiger partial charge in [-0.1, -0.05) is 48.5 Å². The van der Waals surface area contributed by atoms with Gasteiger partial charge in [-0.15, -0.1) is 0 Å². The minimum absolute atomic E-state index is 0.178. The van der Waals surface area contributed by atoms with Gasteiger partial charge in [0.15, 0.2) is 5.03 Å². The van der Waals surface area contributed by atoms with Crippen molar-refractivity contribution in [2.24, 2.45) is 5.73 Å². The lowest BCUT2D eigenvalue weighted by atomic mass is 9.99. The van der Waals surface area contributed by atoms with Crippen LogP contribution in [0.4, 0.5) is 0 Å². The van der Waals surface area contributed by atoms with Crippen molar-refractivity contribution < 1.29 is 17.8 Å². The predicted octanol–water partition coefficient (Wildman–Crippen LogP) is 2.71. The molecule has 0 saturated carbocycles. The molecule has 0 aliphatic rings. The molecule has 1 aromatic heterocycles. The molecule has 3 rings (SSSR count). The van der Waals surface area contributed by atoms with Crippen LogP contribution in [0.3, 0.4) is 0 Å². The Bertz CT molecular complexity index is 905. The van der Waals surface area contributed by atoms with Crippen LogP contribution in [0.5, 0.6) is 0 Å². The lowest BCUT2D eigenvalue weighted by Gasteiger charge is -2.05. The van der Waals surface area contributed by atoms with Crippen molar-refractivity contribution in [2.45, 2.75) is 5.03 Å². The molecule has 0 aliphatic heterocycles. The highest BCUT2D eigenvalue weighted by atomic mass is 32.2. The van der Waals surface area contributed by atoms with Crippen LogP contribution in [-0.2, 0) is 10.1 Å². The van der Waals surface area contributed by atoms with Gasteiger partial charge in [0.05, 0.1) is 0 Å². The lowest BCUT2D eigenvalue weighted by Crippen LogP contribution is -2.12. The maximum Gasteiger partial charge on any atom is 0.310 e. The largest absolute Gasteiger partial charge is 0.366 e. The molecule has 1 heterocycles. The third kappa shape index (κ3) is 4.55. The van der Waals surface area contributed by atoms with Gasteiger partial charge in [-0.05, 0) is 29.3 Å². The van der Waals surface area contributed by atoms with E-state index in [-0.39, 0.29) is 5.03 Å². The van der Waals surface area contributed by atoms with Crippen LogP contribution in [0, 0.1) is 0 Å². The molecule has 0 atom stereocenters. The second-order valence-electron chi connectivity index (χ2n) is 4.79. The summed E-state index contributed by atoms with van der Waals surface area (Å²) in [5, 5.41) is -0.178. The zero-order chi connectivity index (χ0) is 17.6. The standard InChI is InChI=1S/C13H11NO.C4H5NO3S/c14-13(15)12-9-5-4-8-11(12)10-6-2-1-3-7-10;6-9(7,8)4-2-1-3-5-4/h1-9H,(H2,14,15);1-3,5H,(H,6,7,8). The SMILES string of the molecule is NC(=O)c1ccccc1-c1ccccc1.O=S(=O)(O)c1ccc[nH]1. The average molecular weight is 344 g/mol. The van der Waals surface area contributed by atoms with Gasteiger partial charge in [0.2, 0.25) is 5.91 Å². The van der Waals surface area contributed by atoms with E-state index in [2.05, 4.69) is 4.98 Å². The number of hydrogen-bond acceptors (Lipinski definition) is 3. The van der Waals surface area contributed by atoms with Gasteiger partial charge in [-0.3, -0.25) is 9.35 Å². The maximum atomic E-state index is 11.2. The van der Waals surface area contributed by atoms with E-state index in [0.717, 1.165) is 11.1 Å². The highest BCUT2D eigenvalue weighted by molar-refractivity contribution is 7.85. The number of H-pyrrole nitrogens is 1. The van der Waals surface area contributed by atoms with Crippen LogP contribution < -0.4 is 5.73 Å². The molecular formula is C17H16N2O4S. The number of hydrogen-bond donors (Lipinski definition) is 3. The van der Waals surface area contributed by atoms with E-state index in [4.69, 9.17) is 10.3 Å². The first kappa shape index (κ1) is 17.5. The highest BCUT2D eigenvalue weighted by Gasteiger charge is 2.08. The third-order valence-corrected chi connectivity index (χ3v) is 3.93.